The topological polar surface area (TPSA) is 85.9 Å². The van der Waals surface area contributed by atoms with E-state index in [-0.39, 0.29) is 10.9 Å². The van der Waals surface area contributed by atoms with Crippen molar-refractivity contribution < 1.29 is 8.42 Å². The molecule has 0 aliphatic heterocycles. The SMILES string of the molecule is CC(C)c1cc(S(N)(=O)=O)ncn1. The fourth-order valence-electron chi connectivity index (χ4n) is 0.825. The van der Waals surface area contributed by atoms with Crippen LogP contribution in [0.15, 0.2) is 17.4 Å². The van der Waals surface area contributed by atoms with Gasteiger partial charge in [0.2, 0.25) is 0 Å². The Morgan fingerprint density at radius 2 is 2.00 bits per heavy atom. The molecular formula is C7H11N3O2S. The van der Waals surface area contributed by atoms with E-state index < -0.39 is 10.0 Å². The fraction of sp³-hybridized carbons (Fsp3) is 0.429. The van der Waals surface area contributed by atoms with Gasteiger partial charge in [0, 0.05) is 5.69 Å². The van der Waals surface area contributed by atoms with Crippen molar-refractivity contribution in [1.82, 2.24) is 9.97 Å². The van der Waals surface area contributed by atoms with Crippen molar-refractivity contribution in [2.24, 2.45) is 5.14 Å². The first-order valence-corrected chi connectivity index (χ1v) is 5.30. The van der Waals surface area contributed by atoms with Crippen molar-refractivity contribution in [2.75, 3.05) is 0 Å². The maximum atomic E-state index is 10.9. The number of rotatable bonds is 2. The Morgan fingerprint density at radius 3 is 2.46 bits per heavy atom. The minimum Gasteiger partial charge on any atom is -0.241 e. The highest BCUT2D eigenvalue weighted by Crippen LogP contribution is 2.12. The predicted molar refractivity (Wildman–Crippen MR) is 47.5 cm³/mol. The lowest BCUT2D eigenvalue weighted by molar-refractivity contribution is 0.593. The van der Waals surface area contributed by atoms with Crippen molar-refractivity contribution in [3.05, 3.63) is 18.1 Å². The highest BCUT2D eigenvalue weighted by molar-refractivity contribution is 7.89. The van der Waals surface area contributed by atoms with Crippen molar-refractivity contribution in [3.63, 3.8) is 0 Å². The van der Waals surface area contributed by atoms with E-state index in [2.05, 4.69) is 9.97 Å². The van der Waals surface area contributed by atoms with Crippen LogP contribution < -0.4 is 5.14 Å². The average molecular weight is 201 g/mol. The van der Waals surface area contributed by atoms with Gasteiger partial charge in [-0.05, 0) is 12.0 Å². The summed E-state index contributed by atoms with van der Waals surface area (Å²) < 4.78 is 21.8. The average Bonchev–Trinajstić information content (AvgIpc) is 2.03. The van der Waals surface area contributed by atoms with Crippen LogP contribution in [0.4, 0.5) is 0 Å². The zero-order valence-corrected chi connectivity index (χ0v) is 8.25. The molecule has 0 aliphatic carbocycles. The van der Waals surface area contributed by atoms with Gasteiger partial charge in [-0.1, -0.05) is 13.8 Å². The Bertz CT molecular complexity index is 400. The third kappa shape index (κ3) is 2.46. The van der Waals surface area contributed by atoms with Crippen LogP contribution in [0.3, 0.4) is 0 Å². The smallest absolute Gasteiger partial charge is 0.241 e. The second-order valence-electron chi connectivity index (χ2n) is 2.98. The molecule has 2 N–H and O–H groups in total. The van der Waals surface area contributed by atoms with Gasteiger partial charge in [0.15, 0.2) is 5.03 Å². The zero-order valence-electron chi connectivity index (χ0n) is 7.43. The Balaban J connectivity index is 3.21. The summed E-state index contributed by atoms with van der Waals surface area (Å²) in [6, 6.07) is 1.39. The highest BCUT2D eigenvalue weighted by Gasteiger charge is 2.11. The third-order valence-corrected chi connectivity index (χ3v) is 2.35. The van der Waals surface area contributed by atoms with Gasteiger partial charge in [0.25, 0.3) is 10.0 Å². The lowest BCUT2D eigenvalue weighted by Gasteiger charge is -2.04. The summed E-state index contributed by atoms with van der Waals surface area (Å²) in [5, 5.41) is 4.77. The van der Waals surface area contributed by atoms with Crippen LogP contribution in [0, 0.1) is 0 Å². The molecule has 5 nitrogen and oxygen atoms in total. The molecule has 0 aromatic carbocycles. The predicted octanol–water partition coefficient (Wildman–Crippen LogP) is 0.247. The molecule has 0 saturated carbocycles. The number of primary sulfonamides is 1. The van der Waals surface area contributed by atoms with Crippen LogP contribution in [0.25, 0.3) is 0 Å². The van der Waals surface area contributed by atoms with Gasteiger partial charge in [-0.15, -0.1) is 0 Å². The van der Waals surface area contributed by atoms with E-state index in [1.165, 1.54) is 12.4 Å². The van der Waals surface area contributed by atoms with Crippen molar-refractivity contribution >= 4 is 10.0 Å². The summed E-state index contributed by atoms with van der Waals surface area (Å²) in [5.74, 6) is 0.156. The molecule has 1 aromatic heterocycles. The summed E-state index contributed by atoms with van der Waals surface area (Å²) >= 11 is 0. The molecule has 0 saturated heterocycles. The van der Waals surface area contributed by atoms with Gasteiger partial charge in [-0.3, -0.25) is 0 Å². The molecule has 1 aromatic rings. The van der Waals surface area contributed by atoms with Gasteiger partial charge in [-0.25, -0.2) is 23.5 Å². The Labute approximate surface area is 77.1 Å². The molecule has 13 heavy (non-hydrogen) atoms. The quantitative estimate of drug-likeness (QED) is 0.695. The molecule has 0 fully saturated rings. The van der Waals surface area contributed by atoms with Gasteiger partial charge in [0.05, 0.1) is 0 Å². The molecule has 0 amide bonds. The maximum absolute atomic E-state index is 10.9. The highest BCUT2D eigenvalue weighted by atomic mass is 32.2. The van der Waals surface area contributed by atoms with Crippen LogP contribution in [-0.4, -0.2) is 18.4 Å². The van der Waals surface area contributed by atoms with E-state index in [0.29, 0.717) is 5.69 Å². The number of hydrogen-bond acceptors (Lipinski definition) is 4. The number of aromatic nitrogens is 2. The molecule has 0 spiro atoms. The molecule has 0 aliphatic rings. The molecule has 0 atom stereocenters. The molecule has 72 valence electrons. The normalized spacial score (nSPS) is 12.0. The summed E-state index contributed by atoms with van der Waals surface area (Å²) in [6.45, 7) is 3.82. The van der Waals surface area contributed by atoms with Crippen LogP contribution >= 0.6 is 0 Å². The second kappa shape index (κ2) is 3.39. The standard InChI is InChI=1S/C7H11N3O2S/c1-5(2)6-3-7(10-4-9-6)13(8,11)12/h3-5H,1-2H3,(H2,8,11,12). The van der Waals surface area contributed by atoms with E-state index in [0.717, 1.165) is 0 Å². The molecule has 1 rings (SSSR count). The van der Waals surface area contributed by atoms with E-state index in [9.17, 15) is 8.42 Å². The van der Waals surface area contributed by atoms with E-state index in [4.69, 9.17) is 5.14 Å². The summed E-state index contributed by atoms with van der Waals surface area (Å²) in [4.78, 5) is 7.49. The number of nitrogens with two attached hydrogens (primary N) is 1. The second-order valence-corrected chi connectivity index (χ2v) is 4.49. The molecule has 0 bridgehead atoms. The Morgan fingerprint density at radius 1 is 1.38 bits per heavy atom. The molecule has 0 radical (unpaired) electrons. The van der Waals surface area contributed by atoms with Crippen LogP contribution in [0.5, 0.6) is 0 Å². The molecule has 6 heteroatoms. The first kappa shape index (κ1) is 10.1. The molecule has 1 heterocycles. The largest absolute Gasteiger partial charge is 0.255 e. The number of nitrogens with zero attached hydrogens (tertiary/aromatic N) is 2. The Kier molecular flexibility index (Phi) is 2.63. The number of sulfonamides is 1. The zero-order chi connectivity index (χ0) is 10.1. The molecule has 0 unspecified atom stereocenters. The Hall–Kier alpha value is -1.01. The summed E-state index contributed by atoms with van der Waals surface area (Å²) in [7, 11) is -3.71. The fourth-order valence-corrected chi connectivity index (χ4v) is 1.30. The third-order valence-electron chi connectivity index (χ3n) is 1.55. The van der Waals surface area contributed by atoms with Gasteiger partial charge >= 0.3 is 0 Å². The molecular weight excluding hydrogens is 190 g/mol. The van der Waals surface area contributed by atoms with E-state index >= 15 is 0 Å². The lowest BCUT2D eigenvalue weighted by atomic mass is 10.1. The lowest BCUT2D eigenvalue weighted by Crippen LogP contribution is -2.14. The van der Waals surface area contributed by atoms with E-state index in [1.807, 2.05) is 13.8 Å². The first-order chi connectivity index (χ1) is 5.91. The van der Waals surface area contributed by atoms with Crippen LogP contribution in [0.1, 0.15) is 25.5 Å². The van der Waals surface area contributed by atoms with Gasteiger partial charge < -0.3 is 0 Å². The first-order valence-electron chi connectivity index (χ1n) is 3.76. The van der Waals surface area contributed by atoms with Crippen molar-refractivity contribution in [1.29, 1.82) is 0 Å². The maximum Gasteiger partial charge on any atom is 0.255 e. The van der Waals surface area contributed by atoms with Gasteiger partial charge in [0.1, 0.15) is 6.33 Å². The minimum atomic E-state index is -3.71. The van der Waals surface area contributed by atoms with Crippen molar-refractivity contribution in [2.45, 2.75) is 24.8 Å². The number of hydrogen-bond donors (Lipinski definition) is 1. The summed E-state index contributed by atoms with van der Waals surface area (Å²) in [5.41, 5.74) is 0.666. The monoisotopic (exact) mass is 201 g/mol. The van der Waals surface area contributed by atoms with Crippen LogP contribution in [0.2, 0.25) is 0 Å². The minimum absolute atomic E-state index is 0.133. The van der Waals surface area contributed by atoms with Crippen molar-refractivity contribution in [3.8, 4) is 0 Å². The van der Waals surface area contributed by atoms with Crippen LogP contribution in [-0.2, 0) is 10.0 Å². The summed E-state index contributed by atoms with van der Waals surface area (Å²) in [6.07, 6.45) is 1.20. The van der Waals surface area contributed by atoms with E-state index in [1.54, 1.807) is 0 Å². The van der Waals surface area contributed by atoms with Gasteiger partial charge in [-0.2, -0.15) is 0 Å².